The van der Waals surface area contributed by atoms with E-state index in [1.54, 1.807) is 0 Å². The second-order valence-corrected chi connectivity index (χ2v) is 9.70. The molecular weight excluding hydrogens is 278 g/mol. The van der Waals surface area contributed by atoms with E-state index in [1.807, 2.05) is 41.5 Å². The van der Waals surface area contributed by atoms with Crippen molar-refractivity contribution in [2.45, 2.75) is 54.4 Å². The van der Waals surface area contributed by atoms with Crippen LogP contribution in [0.1, 0.15) is 54.4 Å². The van der Waals surface area contributed by atoms with E-state index in [-0.39, 0.29) is 23.1 Å². The first kappa shape index (κ1) is 19.4. The van der Waals surface area contributed by atoms with Gasteiger partial charge in [0.2, 0.25) is 10.0 Å². The molecule has 0 saturated carbocycles. The molecule has 0 amide bonds. The first-order chi connectivity index (χ1) is 8.72. The van der Waals surface area contributed by atoms with Crippen LogP contribution in [0.25, 0.3) is 0 Å². The van der Waals surface area contributed by atoms with E-state index in [0.29, 0.717) is 12.8 Å². The minimum Gasteiger partial charge on any atom is -0.481 e. The van der Waals surface area contributed by atoms with Gasteiger partial charge in [0.05, 0.1) is 11.7 Å². The number of aliphatic carboxylic acids is 1. The fraction of sp³-hybridized carbons (Fsp3) is 0.929. The normalized spacial score (nSPS) is 15.1. The summed E-state index contributed by atoms with van der Waals surface area (Å²) in [4.78, 5) is 11.2. The summed E-state index contributed by atoms with van der Waals surface area (Å²) in [6.07, 6.45) is 0.976. The van der Waals surface area contributed by atoms with Gasteiger partial charge in [-0.15, -0.1) is 0 Å². The molecule has 0 aliphatic rings. The van der Waals surface area contributed by atoms with Crippen molar-refractivity contribution in [2.24, 2.45) is 16.7 Å². The van der Waals surface area contributed by atoms with Crippen molar-refractivity contribution >= 4 is 16.0 Å². The van der Waals surface area contributed by atoms with Gasteiger partial charge in [-0.3, -0.25) is 4.79 Å². The number of hydrogen-bond donors (Lipinski definition) is 2. The maximum absolute atomic E-state index is 11.9. The van der Waals surface area contributed by atoms with Gasteiger partial charge < -0.3 is 5.11 Å². The quantitative estimate of drug-likeness (QED) is 0.757. The predicted molar refractivity (Wildman–Crippen MR) is 81.1 cm³/mol. The lowest BCUT2D eigenvalue weighted by Crippen LogP contribution is -2.36. The molecule has 0 aliphatic heterocycles. The molecule has 0 aromatic carbocycles. The third-order valence-corrected chi connectivity index (χ3v) is 4.23. The minimum atomic E-state index is -3.41. The number of carbonyl (C=O) groups is 1. The second-order valence-electron chi connectivity index (χ2n) is 7.78. The lowest BCUT2D eigenvalue weighted by molar-refractivity contribution is -0.142. The average molecular weight is 307 g/mol. The van der Waals surface area contributed by atoms with Gasteiger partial charge >= 0.3 is 5.97 Å². The Morgan fingerprint density at radius 2 is 1.60 bits per heavy atom. The van der Waals surface area contributed by atoms with Gasteiger partial charge in [-0.2, -0.15) is 0 Å². The maximum atomic E-state index is 11.9. The molecular formula is C14H29NO4S. The van der Waals surface area contributed by atoms with Crippen molar-refractivity contribution in [3.63, 3.8) is 0 Å². The molecule has 5 nitrogen and oxygen atoms in total. The molecule has 0 fully saturated rings. The predicted octanol–water partition coefficient (Wildman–Crippen LogP) is 2.48. The molecule has 1 atom stereocenters. The van der Waals surface area contributed by atoms with E-state index in [4.69, 9.17) is 5.11 Å². The highest BCUT2D eigenvalue weighted by Crippen LogP contribution is 2.24. The molecule has 0 aromatic rings. The van der Waals surface area contributed by atoms with Crippen molar-refractivity contribution in [1.82, 2.24) is 4.72 Å². The third kappa shape index (κ3) is 10.2. The summed E-state index contributed by atoms with van der Waals surface area (Å²) in [6, 6.07) is 0. The monoisotopic (exact) mass is 307 g/mol. The maximum Gasteiger partial charge on any atom is 0.307 e. The number of sulfonamides is 1. The van der Waals surface area contributed by atoms with Crippen LogP contribution in [0.2, 0.25) is 0 Å². The zero-order valence-electron chi connectivity index (χ0n) is 13.5. The van der Waals surface area contributed by atoms with E-state index in [9.17, 15) is 13.2 Å². The van der Waals surface area contributed by atoms with E-state index < -0.39 is 21.9 Å². The largest absolute Gasteiger partial charge is 0.481 e. The van der Waals surface area contributed by atoms with Crippen LogP contribution < -0.4 is 4.72 Å². The first-order valence-electron chi connectivity index (χ1n) is 6.92. The van der Waals surface area contributed by atoms with Gasteiger partial charge in [-0.1, -0.05) is 41.5 Å². The summed E-state index contributed by atoms with van der Waals surface area (Å²) in [5.41, 5.74) is -0.216. The van der Waals surface area contributed by atoms with Crippen LogP contribution in [-0.4, -0.2) is 31.8 Å². The summed E-state index contributed by atoms with van der Waals surface area (Å²) < 4.78 is 26.2. The lowest BCUT2D eigenvalue weighted by Gasteiger charge is -2.24. The Kier molecular flexibility index (Phi) is 6.68. The molecule has 2 N–H and O–H groups in total. The fourth-order valence-corrected chi connectivity index (χ4v) is 3.21. The minimum absolute atomic E-state index is 0.0261. The molecule has 0 spiro atoms. The van der Waals surface area contributed by atoms with Gasteiger partial charge in [0.25, 0.3) is 0 Å². The van der Waals surface area contributed by atoms with E-state index in [1.165, 1.54) is 0 Å². The number of nitrogens with one attached hydrogen (secondary N) is 1. The zero-order chi connectivity index (χ0) is 16.2. The summed E-state index contributed by atoms with van der Waals surface area (Å²) in [7, 11) is -3.41. The number of hydrogen-bond acceptors (Lipinski definition) is 3. The Balaban J connectivity index is 4.51. The van der Waals surface area contributed by atoms with Crippen LogP contribution >= 0.6 is 0 Å². The molecule has 0 heterocycles. The molecule has 1 unspecified atom stereocenters. The fourth-order valence-electron chi connectivity index (χ4n) is 1.73. The molecule has 0 bridgehead atoms. The van der Waals surface area contributed by atoms with Crippen LogP contribution in [0.15, 0.2) is 0 Å². The number of carboxylic acid groups (broad SMARTS) is 1. The molecule has 0 rings (SSSR count). The lowest BCUT2D eigenvalue weighted by atomic mass is 9.85. The topological polar surface area (TPSA) is 83.5 Å². The molecule has 20 heavy (non-hydrogen) atoms. The van der Waals surface area contributed by atoms with Gasteiger partial charge in [0, 0.05) is 6.54 Å². The molecule has 0 aromatic heterocycles. The van der Waals surface area contributed by atoms with Crippen LogP contribution in [0.4, 0.5) is 0 Å². The number of carboxylic acids is 1. The molecule has 6 heteroatoms. The first-order valence-corrected chi connectivity index (χ1v) is 8.57. The molecule has 0 aliphatic carbocycles. The summed E-state index contributed by atoms with van der Waals surface area (Å²) >= 11 is 0. The third-order valence-electron chi connectivity index (χ3n) is 2.88. The number of rotatable bonds is 7. The Morgan fingerprint density at radius 3 is 1.95 bits per heavy atom. The van der Waals surface area contributed by atoms with Crippen LogP contribution in [0.5, 0.6) is 0 Å². The molecule has 0 radical (unpaired) electrons. The average Bonchev–Trinajstić information content (AvgIpc) is 2.19. The van der Waals surface area contributed by atoms with Crippen molar-refractivity contribution in [1.29, 1.82) is 0 Å². The Morgan fingerprint density at radius 1 is 1.10 bits per heavy atom. The van der Waals surface area contributed by atoms with Gasteiger partial charge in [-0.25, -0.2) is 13.1 Å². The highest BCUT2D eigenvalue weighted by molar-refractivity contribution is 7.89. The van der Waals surface area contributed by atoms with Crippen molar-refractivity contribution in [3.8, 4) is 0 Å². The summed E-state index contributed by atoms with van der Waals surface area (Å²) in [6.45, 7) is 11.7. The standard InChI is InChI=1S/C14H29NO4S/c1-13(2,3)7-8-20(18,19)15-10-11(12(16)17)9-14(4,5)6/h11,15H,7-10H2,1-6H3,(H,16,17). The Bertz CT molecular complexity index is 415. The van der Waals surface area contributed by atoms with Gasteiger partial charge in [-0.05, 0) is 23.7 Å². The highest BCUT2D eigenvalue weighted by Gasteiger charge is 2.26. The van der Waals surface area contributed by atoms with Crippen LogP contribution in [0.3, 0.4) is 0 Å². The molecule has 120 valence electrons. The van der Waals surface area contributed by atoms with Gasteiger partial charge in [0.1, 0.15) is 0 Å². The smallest absolute Gasteiger partial charge is 0.307 e. The Hall–Kier alpha value is -0.620. The van der Waals surface area contributed by atoms with Crippen molar-refractivity contribution < 1.29 is 18.3 Å². The SMILES string of the molecule is CC(C)(C)CCS(=O)(=O)NCC(CC(C)(C)C)C(=O)O. The second kappa shape index (κ2) is 6.89. The van der Waals surface area contributed by atoms with Gasteiger partial charge in [0.15, 0.2) is 0 Å². The van der Waals surface area contributed by atoms with Crippen molar-refractivity contribution in [2.75, 3.05) is 12.3 Å². The van der Waals surface area contributed by atoms with Crippen LogP contribution in [-0.2, 0) is 14.8 Å². The highest BCUT2D eigenvalue weighted by atomic mass is 32.2. The Labute approximate surface area is 123 Å². The van der Waals surface area contributed by atoms with E-state index in [2.05, 4.69) is 4.72 Å². The molecule has 0 saturated heterocycles. The van der Waals surface area contributed by atoms with E-state index in [0.717, 1.165) is 0 Å². The zero-order valence-corrected chi connectivity index (χ0v) is 14.3. The summed E-state index contributed by atoms with van der Waals surface area (Å²) in [5, 5.41) is 9.16. The van der Waals surface area contributed by atoms with Crippen molar-refractivity contribution in [3.05, 3.63) is 0 Å². The van der Waals surface area contributed by atoms with E-state index >= 15 is 0 Å². The summed E-state index contributed by atoms with van der Waals surface area (Å²) in [5.74, 6) is -1.63. The van der Waals surface area contributed by atoms with Crippen LogP contribution in [0, 0.1) is 16.7 Å².